The normalized spacial score (nSPS) is 11.1. The van der Waals surface area contributed by atoms with Gasteiger partial charge in [-0.25, -0.2) is 9.50 Å². The molecule has 5 rings (SSSR count). The molecule has 0 aliphatic rings. The maximum Gasteiger partial charge on any atom is 0.165 e. The highest BCUT2D eigenvalue weighted by atomic mass is 35.5. The molecule has 3 aromatic heterocycles. The number of hydrogen-bond donors (Lipinski definition) is 1. The summed E-state index contributed by atoms with van der Waals surface area (Å²) in [6.07, 6.45) is 5.52. The quantitative estimate of drug-likeness (QED) is 0.465. The summed E-state index contributed by atoms with van der Waals surface area (Å²) in [5.74, 6) is 0.722. The Kier molecular flexibility index (Phi) is 3.73. The summed E-state index contributed by atoms with van der Waals surface area (Å²) in [4.78, 5) is 9.31. The third-order valence-corrected chi connectivity index (χ3v) is 4.62. The van der Waals surface area contributed by atoms with Crippen molar-refractivity contribution in [1.82, 2.24) is 19.6 Å². The maximum atomic E-state index is 6.07. The molecule has 0 bridgehead atoms. The molecule has 0 spiro atoms. The number of nitrogens with zero attached hydrogens (tertiary/aromatic N) is 4. The lowest BCUT2D eigenvalue weighted by atomic mass is 10.0. The number of fused-ring (bicyclic) bond motifs is 2. The van der Waals surface area contributed by atoms with Gasteiger partial charge in [-0.2, -0.15) is 5.10 Å². The van der Waals surface area contributed by atoms with E-state index in [1.807, 2.05) is 60.9 Å². The Morgan fingerprint density at radius 3 is 2.74 bits per heavy atom. The summed E-state index contributed by atoms with van der Waals surface area (Å²) in [5.41, 5.74) is 4.53. The van der Waals surface area contributed by atoms with E-state index in [4.69, 9.17) is 16.6 Å². The molecular weight excluding hydrogens is 358 g/mol. The highest BCUT2D eigenvalue weighted by Crippen LogP contribution is 2.30. The summed E-state index contributed by atoms with van der Waals surface area (Å²) in [7, 11) is 0. The number of nitrogens with one attached hydrogen (secondary N) is 1. The number of aromatic nitrogens is 4. The van der Waals surface area contributed by atoms with Crippen molar-refractivity contribution in [3.63, 3.8) is 0 Å². The van der Waals surface area contributed by atoms with Gasteiger partial charge in [-0.05, 0) is 30.3 Å². The zero-order valence-electron chi connectivity index (χ0n) is 14.2. The second-order valence-electron chi connectivity index (χ2n) is 6.16. The van der Waals surface area contributed by atoms with Crippen LogP contribution in [-0.2, 0) is 0 Å². The molecule has 0 atom stereocenters. The third kappa shape index (κ3) is 2.88. The first-order valence-corrected chi connectivity index (χ1v) is 8.87. The summed E-state index contributed by atoms with van der Waals surface area (Å²) in [6, 6.07) is 19.5. The van der Waals surface area contributed by atoms with Crippen LogP contribution in [0.15, 0.2) is 79.3 Å². The van der Waals surface area contributed by atoms with Crippen LogP contribution in [0.3, 0.4) is 0 Å². The molecule has 0 aliphatic heterocycles. The molecule has 3 heterocycles. The number of pyridine rings is 1. The second kappa shape index (κ2) is 6.37. The number of para-hydroxylation sites is 1. The minimum atomic E-state index is 0.674. The van der Waals surface area contributed by atoms with E-state index < -0.39 is 0 Å². The van der Waals surface area contributed by atoms with Crippen LogP contribution in [0, 0.1) is 0 Å². The first-order chi connectivity index (χ1) is 13.3. The standard InChI is InChI=1S/C21H14ClN5/c22-15-6-2-7-16(12-15)25-19-9-11-27-21(26-19)18(13-24-27)17-8-1-4-14-5-3-10-23-20(14)17/h1-13H,(H,25,26). The van der Waals surface area contributed by atoms with Crippen LogP contribution < -0.4 is 5.32 Å². The molecule has 5 nitrogen and oxygen atoms in total. The fraction of sp³-hybridized carbons (Fsp3) is 0. The van der Waals surface area contributed by atoms with E-state index >= 15 is 0 Å². The summed E-state index contributed by atoms with van der Waals surface area (Å²) >= 11 is 6.07. The summed E-state index contributed by atoms with van der Waals surface area (Å²) in [5, 5.41) is 9.49. The molecule has 0 fully saturated rings. The Hall–Kier alpha value is -3.44. The van der Waals surface area contributed by atoms with E-state index in [1.165, 1.54) is 0 Å². The van der Waals surface area contributed by atoms with Crippen LogP contribution in [0.2, 0.25) is 5.02 Å². The second-order valence-corrected chi connectivity index (χ2v) is 6.59. The molecule has 0 unspecified atom stereocenters. The fourth-order valence-corrected chi connectivity index (χ4v) is 3.35. The lowest BCUT2D eigenvalue weighted by Crippen LogP contribution is -1.97. The van der Waals surface area contributed by atoms with Crippen molar-refractivity contribution in [1.29, 1.82) is 0 Å². The largest absolute Gasteiger partial charge is 0.340 e. The average molecular weight is 372 g/mol. The SMILES string of the molecule is Clc1cccc(Nc2ccn3ncc(-c4cccc5cccnc45)c3n2)c1. The molecule has 2 aromatic carbocycles. The fourth-order valence-electron chi connectivity index (χ4n) is 3.16. The lowest BCUT2D eigenvalue weighted by molar-refractivity contribution is 0.941. The van der Waals surface area contributed by atoms with Crippen molar-refractivity contribution in [3.8, 4) is 11.1 Å². The Morgan fingerprint density at radius 2 is 1.81 bits per heavy atom. The number of hydrogen-bond acceptors (Lipinski definition) is 4. The molecule has 1 N–H and O–H groups in total. The molecule has 27 heavy (non-hydrogen) atoms. The van der Waals surface area contributed by atoms with Crippen LogP contribution in [0.5, 0.6) is 0 Å². The van der Waals surface area contributed by atoms with E-state index in [9.17, 15) is 0 Å². The van der Waals surface area contributed by atoms with Gasteiger partial charge in [-0.1, -0.05) is 41.9 Å². The number of rotatable bonds is 3. The predicted molar refractivity (Wildman–Crippen MR) is 108 cm³/mol. The van der Waals surface area contributed by atoms with Crippen molar-refractivity contribution in [3.05, 3.63) is 84.3 Å². The Labute approximate surface area is 160 Å². The van der Waals surface area contributed by atoms with Gasteiger partial charge in [0.1, 0.15) is 5.82 Å². The number of halogens is 1. The highest BCUT2D eigenvalue weighted by Gasteiger charge is 2.12. The van der Waals surface area contributed by atoms with Crippen LogP contribution in [0.25, 0.3) is 27.7 Å². The van der Waals surface area contributed by atoms with Crippen LogP contribution in [0.1, 0.15) is 0 Å². The Bertz CT molecular complexity index is 1270. The predicted octanol–water partition coefficient (Wildman–Crippen LogP) is 5.34. The Morgan fingerprint density at radius 1 is 0.926 bits per heavy atom. The van der Waals surface area contributed by atoms with E-state index in [0.29, 0.717) is 5.02 Å². The van der Waals surface area contributed by atoms with Crippen LogP contribution in [-0.4, -0.2) is 19.6 Å². The summed E-state index contributed by atoms with van der Waals surface area (Å²) < 4.78 is 1.76. The Balaban J connectivity index is 1.63. The van der Waals surface area contributed by atoms with Gasteiger partial charge >= 0.3 is 0 Å². The highest BCUT2D eigenvalue weighted by molar-refractivity contribution is 6.30. The van der Waals surface area contributed by atoms with E-state index in [0.717, 1.165) is 39.2 Å². The van der Waals surface area contributed by atoms with Gasteiger partial charge in [0.25, 0.3) is 0 Å². The first-order valence-electron chi connectivity index (χ1n) is 8.49. The molecule has 5 aromatic rings. The van der Waals surface area contributed by atoms with E-state index in [-0.39, 0.29) is 0 Å². The van der Waals surface area contributed by atoms with Gasteiger partial charge in [-0.15, -0.1) is 0 Å². The van der Waals surface area contributed by atoms with Crippen molar-refractivity contribution in [2.24, 2.45) is 0 Å². The first kappa shape index (κ1) is 15.8. The monoisotopic (exact) mass is 371 g/mol. The molecular formula is C21H14ClN5. The lowest BCUT2D eigenvalue weighted by Gasteiger charge is -2.07. The van der Waals surface area contributed by atoms with Crippen molar-refractivity contribution in [2.75, 3.05) is 5.32 Å². The molecule has 0 saturated carbocycles. The van der Waals surface area contributed by atoms with Crippen molar-refractivity contribution >= 4 is 39.7 Å². The minimum absolute atomic E-state index is 0.674. The zero-order chi connectivity index (χ0) is 18.2. The summed E-state index contributed by atoms with van der Waals surface area (Å²) in [6.45, 7) is 0. The van der Waals surface area contributed by atoms with E-state index in [1.54, 1.807) is 10.7 Å². The van der Waals surface area contributed by atoms with Gasteiger partial charge in [0.15, 0.2) is 5.65 Å². The number of anilines is 2. The molecule has 130 valence electrons. The third-order valence-electron chi connectivity index (χ3n) is 4.39. The number of benzene rings is 2. The van der Waals surface area contributed by atoms with E-state index in [2.05, 4.69) is 27.5 Å². The van der Waals surface area contributed by atoms with Crippen LogP contribution in [0.4, 0.5) is 11.5 Å². The van der Waals surface area contributed by atoms with Crippen molar-refractivity contribution in [2.45, 2.75) is 0 Å². The zero-order valence-corrected chi connectivity index (χ0v) is 14.9. The van der Waals surface area contributed by atoms with Gasteiger partial charge < -0.3 is 5.32 Å². The topological polar surface area (TPSA) is 55.1 Å². The van der Waals surface area contributed by atoms with Gasteiger partial charge in [0, 0.05) is 39.6 Å². The average Bonchev–Trinajstić information content (AvgIpc) is 3.11. The smallest absolute Gasteiger partial charge is 0.165 e. The molecule has 6 heteroatoms. The molecule has 0 radical (unpaired) electrons. The van der Waals surface area contributed by atoms with Gasteiger partial charge in [-0.3, -0.25) is 4.98 Å². The molecule has 0 amide bonds. The molecule has 0 aliphatic carbocycles. The maximum absolute atomic E-state index is 6.07. The van der Waals surface area contributed by atoms with Crippen LogP contribution >= 0.6 is 11.6 Å². The van der Waals surface area contributed by atoms with Crippen molar-refractivity contribution < 1.29 is 0 Å². The van der Waals surface area contributed by atoms with Gasteiger partial charge in [0.05, 0.1) is 11.7 Å². The van der Waals surface area contributed by atoms with Gasteiger partial charge in [0.2, 0.25) is 0 Å². The molecule has 0 saturated heterocycles. The minimum Gasteiger partial charge on any atom is -0.340 e.